The van der Waals surface area contributed by atoms with Gasteiger partial charge in [-0.25, -0.2) is 9.78 Å². The molecule has 0 atom stereocenters. The summed E-state index contributed by atoms with van der Waals surface area (Å²) in [6, 6.07) is 7.80. The van der Waals surface area contributed by atoms with Gasteiger partial charge in [0.2, 0.25) is 0 Å². The van der Waals surface area contributed by atoms with Gasteiger partial charge in [-0.2, -0.15) is 0 Å². The van der Waals surface area contributed by atoms with E-state index in [1.54, 1.807) is 29.8 Å². The predicted molar refractivity (Wildman–Crippen MR) is 147 cm³/mol. The van der Waals surface area contributed by atoms with E-state index < -0.39 is 12.7 Å². The van der Waals surface area contributed by atoms with Crippen LogP contribution in [0.2, 0.25) is 0 Å². The van der Waals surface area contributed by atoms with Crippen molar-refractivity contribution in [3.8, 4) is 11.1 Å². The van der Waals surface area contributed by atoms with Crippen molar-refractivity contribution in [2.24, 2.45) is 5.41 Å². The fraction of sp³-hybridized carbons (Fsp3) is 0.500. The number of carbonyl (C=O) groups is 1. The fourth-order valence-electron chi connectivity index (χ4n) is 4.74. The number of rotatable bonds is 5. The van der Waals surface area contributed by atoms with Gasteiger partial charge in [0.25, 0.3) is 0 Å². The van der Waals surface area contributed by atoms with Gasteiger partial charge in [-0.15, -0.1) is 0 Å². The highest BCUT2D eigenvalue weighted by molar-refractivity contribution is 7.23. The number of hydrogen-bond donors (Lipinski definition) is 1. The number of fused-ring (bicyclic) bond motifs is 1. The zero-order chi connectivity index (χ0) is 26.5. The van der Waals surface area contributed by atoms with Crippen molar-refractivity contribution in [3.05, 3.63) is 36.2 Å². The maximum Gasteiger partial charge on any atom is 0.495 e. The first kappa shape index (κ1) is 26.1. The second-order valence-corrected chi connectivity index (χ2v) is 12.2. The van der Waals surface area contributed by atoms with Crippen molar-refractivity contribution >= 4 is 45.3 Å². The van der Waals surface area contributed by atoms with Gasteiger partial charge in [-0.1, -0.05) is 37.3 Å². The van der Waals surface area contributed by atoms with E-state index in [0.717, 1.165) is 26.8 Å². The number of hydrogen-bond acceptors (Lipinski definition) is 8. The molecule has 2 aliphatic heterocycles. The molecule has 37 heavy (non-hydrogen) atoms. The maximum absolute atomic E-state index is 13.2. The third-order valence-corrected chi connectivity index (χ3v) is 7.76. The smallest absolute Gasteiger partial charge is 0.407 e. The van der Waals surface area contributed by atoms with Crippen molar-refractivity contribution in [1.29, 1.82) is 0 Å². The summed E-state index contributed by atoms with van der Waals surface area (Å²) in [4.78, 5) is 28.2. The van der Waals surface area contributed by atoms with Crippen molar-refractivity contribution in [2.75, 3.05) is 45.0 Å². The Balaban J connectivity index is 1.65. The first-order chi connectivity index (χ1) is 17.5. The molecule has 0 spiro atoms. The number of aromatic nitrogens is 2. The standard InChI is InChI=1S/C26H34BN5O4S/c1-7-31-15-30(6)16-32(24(31)33)23-29-20-12-17(18-9-8-10-28-22(18)26(4,5)34)11-19(21(20)37-23)27-35-13-25(2,3)14-36-27/h8-12,34H,7,13-16H2,1-6H3. The third-order valence-electron chi connectivity index (χ3n) is 6.62. The highest BCUT2D eigenvalue weighted by atomic mass is 32.1. The molecule has 0 bridgehead atoms. The van der Waals surface area contributed by atoms with Gasteiger partial charge in [0.15, 0.2) is 5.13 Å². The minimum atomic E-state index is -1.13. The van der Waals surface area contributed by atoms with E-state index in [0.29, 0.717) is 43.9 Å². The lowest BCUT2D eigenvalue weighted by molar-refractivity contribution is 0.0344. The molecule has 4 heterocycles. The van der Waals surface area contributed by atoms with Crippen LogP contribution in [0.5, 0.6) is 0 Å². The number of urea groups is 1. The Bertz CT molecular complexity index is 1310. The molecule has 5 rings (SSSR count). The summed E-state index contributed by atoms with van der Waals surface area (Å²) in [6.07, 6.45) is 1.69. The Morgan fingerprint density at radius 1 is 1.22 bits per heavy atom. The number of nitrogens with zero attached hydrogens (tertiary/aromatic N) is 5. The van der Waals surface area contributed by atoms with Gasteiger partial charge < -0.3 is 19.3 Å². The van der Waals surface area contributed by atoms with E-state index in [4.69, 9.17) is 14.3 Å². The normalized spacial score (nSPS) is 19.2. The third kappa shape index (κ3) is 5.11. The van der Waals surface area contributed by atoms with E-state index in [9.17, 15) is 9.90 Å². The Morgan fingerprint density at radius 2 is 1.95 bits per heavy atom. The van der Waals surface area contributed by atoms with Gasteiger partial charge in [0.1, 0.15) is 5.60 Å². The highest BCUT2D eigenvalue weighted by Gasteiger charge is 2.37. The number of anilines is 1. The first-order valence-electron chi connectivity index (χ1n) is 12.6. The summed E-state index contributed by atoms with van der Waals surface area (Å²) in [7, 11) is 1.43. The van der Waals surface area contributed by atoms with Crippen LogP contribution in [-0.2, 0) is 14.9 Å². The zero-order valence-electron chi connectivity index (χ0n) is 22.3. The van der Waals surface area contributed by atoms with Crippen LogP contribution in [0.1, 0.15) is 40.3 Å². The SMILES string of the molecule is CCN1CN(C)CN(c2nc3cc(-c4cccnc4C(C)(C)O)cc(B4OCC(C)(C)CO4)c3s2)C1=O. The summed E-state index contributed by atoms with van der Waals surface area (Å²) in [6.45, 7) is 12.5. The van der Waals surface area contributed by atoms with Gasteiger partial charge >= 0.3 is 13.1 Å². The Hall–Kier alpha value is -2.57. The lowest BCUT2D eigenvalue weighted by Crippen LogP contribution is -2.56. The molecule has 2 amide bonds. The molecule has 0 unspecified atom stereocenters. The quantitative estimate of drug-likeness (QED) is 0.513. The van der Waals surface area contributed by atoms with Crippen LogP contribution < -0.4 is 10.4 Å². The average molecular weight is 523 g/mol. The minimum Gasteiger partial charge on any atom is -0.407 e. The van der Waals surface area contributed by atoms with E-state index in [2.05, 4.69) is 23.7 Å². The second kappa shape index (κ2) is 9.63. The van der Waals surface area contributed by atoms with Crippen LogP contribution in [0.3, 0.4) is 0 Å². The first-order valence-corrected chi connectivity index (χ1v) is 13.4. The number of pyridine rings is 1. The molecule has 2 fully saturated rings. The van der Waals surface area contributed by atoms with Crippen LogP contribution in [0.4, 0.5) is 9.93 Å². The molecule has 196 valence electrons. The van der Waals surface area contributed by atoms with Gasteiger partial charge in [-0.05, 0) is 45.5 Å². The minimum absolute atomic E-state index is 0.0510. The maximum atomic E-state index is 13.2. The van der Waals surface area contributed by atoms with Crippen LogP contribution in [-0.4, -0.2) is 78.2 Å². The molecular weight excluding hydrogens is 489 g/mol. The van der Waals surface area contributed by atoms with Crippen LogP contribution in [0.15, 0.2) is 30.5 Å². The lowest BCUT2D eigenvalue weighted by Gasteiger charge is -2.38. The van der Waals surface area contributed by atoms with Crippen LogP contribution >= 0.6 is 11.3 Å². The molecule has 2 aromatic heterocycles. The van der Waals surface area contributed by atoms with Crippen molar-refractivity contribution in [2.45, 2.75) is 40.2 Å². The zero-order valence-corrected chi connectivity index (χ0v) is 23.1. The van der Waals surface area contributed by atoms with E-state index in [1.165, 1.54) is 11.3 Å². The molecule has 1 aromatic carbocycles. The summed E-state index contributed by atoms with van der Waals surface area (Å²) in [5, 5.41) is 11.5. The largest absolute Gasteiger partial charge is 0.495 e. The molecule has 1 N–H and O–H groups in total. The van der Waals surface area contributed by atoms with Crippen molar-refractivity contribution in [1.82, 2.24) is 19.8 Å². The summed E-state index contributed by atoms with van der Waals surface area (Å²) < 4.78 is 13.3. The summed E-state index contributed by atoms with van der Waals surface area (Å²) in [5.41, 5.74) is 2.66. The topological polar surface area (TPSA) is 91.3 Å². The van der Waals surface area contributed by atoms with Gasteiger partial charge in [0.05, 0.1) is 29.2 Å². The van der Waals surface area contributed by atoms with Crippen molar-refractivity contribution < 1.29 is 19.2 Å². The molecule has 0 aliphatic carbocycles. The number of aliphatic hydroxyl groups is 1. The van der Waals surface area contributed by atoms with E-state index in [-0.39, 0.29) is 11.4 Å². The van der Waals surface area contributed by atoms with Gasteiger partial charge in [-0.3, -0.25) is 14.8 Å². The van der Waals surface area contributed by atoms with Crippen LogP contribution in [0, 0.1) is 5.41 Å². The molecule has 0 radical (unpaired) electrons. The Labute approximate surface area is 222 Å². The Kier molecular flexibility index (Phi) is 6.78. The second-order valence-electron chi connectivity index (χ2n) is 11.2. The lowest BCUT2D eigenvalue weighted by atomic mass is 9.74. The molecule has 2 aliphatic rings. The number of benzene rings is 1. The highest BCUT2D eigenvalue weighted by Crippen LogP contribution is 2.36. The number of thiazole rings is 1. The molecule has 3 aromatic rings. The fourth-order valence-corrected chi connectivity index (χ4v) is 5.79. The molecule has 9 nitrogen and oxygen atoms in total. The summed E-state index contributed by atoms with van der Waals surface area (Å²) >= 11 is 1.47. The molecular formula is C26H34BN5O4S. The number of carbonyl (C=O) groups excluding carboxylic acids is 1. The molecule has 2 saturated heterocycles. The average Bonchev–Trinajstić information content (AvgIpc) is 3.28. The molecule has 11 heteroatoms. The van der Waals surface area contributed by atoms with Crippen molar-refractivity contribution in [3.63, 3.8) is 0 Å². The molecule has 0 saturated carbocycles. The van der Waals surface area contributed by atoms with E-state index >= 15 is 0 Å². The van der Waals surface area contributed by atoms with Gasteiger partial charge in [0, 0.05) is 42.4 Å². The van der Waals surface area contributed by atoms with E-state index in [1.807, 2.05) is 38.2 Å². The monoisotopic (exact) mass is 523 g/mol. The Morgan fingerprint density at radius 3 is 2.62 bits per heavy atom. The predicted octanol–water partition coefficient (Wildman–Crippen LogP) is 3.46. The van der Waals surface area contributed by atoms with Crippen LogP contribution in [0.25, 0.3) is 21.3 Å². The summed E-state index contributed by atoms with van der Waals surface area (Å²) in [5.74, 6) is 0. The number of amides is 2.